The monoisotopic (exact) mass is 329 g/mol. The van der Waals surface area contributed by atoms with E-state index in [1.165, 1.54) is 0 Å². The molecule has 0 spiro atoms. The molecule has 116 valence electrons. The summed E-state index contributed by atoms with van der Waals surface area (Å²) in [5.74, 6) is 1.03. The van der Waals surface area contributed by atoms with Gasteiger partial charge in [-0.25, -0.2) is 4.98 Å². The summed E-state index contributed by atoms with van der Waals surface area (Å²) >= 11 is 5.96. The van der Waals surface area contributed by atoms with Gasteiger partial charge in [-0.2, -0.15) is 0 Å². The third-order valence-corrected chi connectivity index (χ3v) is 3.84. The Balaban J connectivity index is 1.68. The van der Waals surface area contributed by atoms with Crippen molar-refractivity contribution in [2.24, 2.45) is 0 Å². The standard InChI is InChI=1S/C16H12ClN3O3/c1-9-15(20-5-4-10(17)6-14(20)18-9)16(21)19-11-2-3-12-13(7-11)23-8-22-12/h2-7H,8H2,1H3,(H,19,21). The number of anilines is 1. The maximum absolute atomic E-state index is 12.6. The number of rotatable bonds is 2. The van der Waals surface area contributed by atoms with Crippen molar-refractivity contribution >= 4 is 28.8 Å². The number of aromatic nitrogens is 2. The average Bonchev–Trinajstić information content (AvgIpc) is 3.09. The molecule has 0 saturated carbocycles. The number of aryl methyl sites for hydroxylation is 1. The van der Waals surface area contributed by atoms with Gasteiger partial charge in [0.15, 0.2) is 11.5 Å². The second-order valence-corrected chi connectivity index (χ2v) is 5.58. The van der Waals surface area contributed by atoms with Crippen LogP contribution in [0.5, 0.6) is 11.5 Å². The molecule has 1 N–H and O–H groups in total. The zero-order chi connectivity index (χ0) is 16.0. The summed E-state index contributed by atoms with van der Waals surface area (Å²) in [6.07, 6.45) is 1.73. The normalized spacial score (nSPS) is 12.6. The van der Waals surface area contributed by atoms with Crippen molar-refractivity contribution in [1.82, 2.24) is 9.38 Å². The molecule has 0 aliphatic carbocycles. The first kappa shape index (κ1) is 13.9. The van der Waals surface area contributed by atoms with Crippen LogP contribution in [0.3, 0.4) is 0 Å². The van der Waals surface area contributed by atoms with Crippen LogP contribution in [-0.2, 0) is 0 Å². The highest BCUT2D eigenvalue weighted by atomic mass is 35.5. The Hall–Kier alpha value is -2.73. The lowest BCUT2D eigenvalue weighted by Gasteiger charge is -2.07. The fourth-order valence-corrected chi connectivity index (χ4v) is 2.73. The molecule has 3 heterocycles. The minimum absolute atomic E-state index is 0.194. The van der Waals surface area contributed by atoms with Crippen LogP contribution in [0.4, 0.5) is 5.69 Å². The fourth-order valence-electron chi connectivity index (χ4n) is 2.58. The van der Waals surface area contributed by atoms with Gasteiger partial charge in [-0.1, -0.05) is 11.6 Å². The summed E-state index contributed by atoms with van der Waals surface area (Å²) in [6, 6.07) is 8.69. The van der Waals surface area contributed by atoms with Gasteiger partial charge in [-0.05, 0) is 25.1 Å². The van der Waals surface area contributed by atoms with Crippen molar-refractivity contribution in [2.75, 3.05) is 12.1 Å². The number of nitrogens with zero attached hydrogens (tertiary/aromatic N) is 2. The van der Waals surface area contributed by atoms with Crippen LogP contribution in [0.1, 0.15) is 16.2 Å². The summed E-state index contributed by atoms with van der Waals surface area (Å²) in [5, 5.41) is 3.43. The molecule has 6 nitrogen and oxygen atoms in total. The first-order valence-corrected chi connectivity index (χ1v) is 7.35. The summed E-state index contributed by atoms with van der Waals surface area (Å²) in [4.78, 5) is 17.0. The third kappa shape index (κ3) is 2.37. The van der Waals surface area contributed by atoms with E-state index in [1.54, 1.807) is 47.9 Å². The van der Waals surface area contributed by atoms with Crippen LogP contribution in [0.15, 0.2) is 36.5 Å². The van der Waals surface area contributed by atoms with Crippen molar-refractivity contribution < 1.29 is 14.3 Å². The number of halogens is 1. The molecule has 0 saturated heterocycles. The molecule has 0 fully saturated rings. The molecular weight excluding hydrogens is 318 g/mol. The van der Waals surface area contributed by atoms with Crippen molar-refractivity contribution in [3.05, 3.63) is 52.9 Å². The third-order valence-electron chi connectivity index (χ3n) is 3.61. The minimum atomic E-state index is -0.254. The molecule has 2 aromatic heterocycles. The molecular formula is C16H12ClN3O3. The molecule has 0 radical (unpaired) electrons. The van der Waals surface area contributed by atoms with E-state index in [0.717, 1.165) is 0 Å². The molecule has 1 aromatic carbocycles. The summed E-state index contributed by atoms with van der Waals surface area (Å²) in [7, 11) is 0. The zero-order valence-corrected chi connectivity index (χ0v) is 12.9. The maximum atomic E-state index is 12.6. The van der Waals surface area contributed by atoms with Gasteiger partial charge in [0, 0.05) is 29.0 Å². The Kier molecular flexibility index (Phi) is 3.12. The molecule has 23 heavy (non-hydrogen) atoms. The predicted octanol–water partition coefficient (Wildman–Crippen LogP) is 3.28. The zero-order valence-electron chi connectivity index (χ0n) is 12.2. The Morgan fingerprint density at radius 1 is 1.26 bits per heavy atom. The number of ether oxygens (including phenoxy) is 2. The van der Waals surface area contributed by atoms with E-state index < -0.39 is 0 Å². The van der Waals surface area contributed by atoms with E-state index in [0.29, 0.717) is 39.2 Å². The second-order valence-electron chi connectivity index (χ2n) is 5.14. The van der Waals surface area contributed by atoms with Crippen LogP contribution in [0.25, 0.3) is 5.65 Å². The SMILES string of the molecule is Cc1nc2cc(Cl)ccn2c1C(=O)Nc1ccc2c(c1)OCO2. The minimum Gasteiger partial charge on any atom is -0.454 e. The number of pyridine rings is 1. The number of carbonyl (C=O) groups excluding carboxylic acids is 1. The number of hydrogen-bond donors (Lipinski definition) is 1. The highest BCUT2D eigenvalue weighted by Gasteiger charge is 2.19. The van der Waals surface area contributed by atoms with Gasteiger partial charge >= 0.3 is 0 Å². The van der Waals surface area contributed by atoms with Crippen molar-refractivity contribution in [3.63, 3.8) is 0 Å². The van der Waals surface area contributed by atoms with Crippen LogP contribution < -0.4 is 14.8 Å². The van der Waals surface area contributed by atoms with Crippen molar-refractivity contribution in [1.29, 1.82) is 0 Å². The molecule has 3 aromatic rings. The lowest BCUT2D eigenvalue weighted by atomic mass is 10.2. The quantitative estimate of drug-likeness (QED) is 0.783. The lowest BCUT2D eigenvalue weighted by Crippen LogP contribution is -2.15. The summed E-state index contributed by atoms with van der Waals surface area (Å²) < 4.78 is 12.3. The topological polar surface area (TPSA) is 64.9 Å². The summed E-state index contributed by atoms with van der Waals surface area (Å²) in [6.45, 7) is 1.98. The van der Waals surface area contributed by atoms with Crippen LogP contribution >= 0.6 is 11.6 Å². The Morgan fingerprint density at radius 2 is 2.09 bits per heavy atom. The first-order chi connectivity index (χ1) is 11.1. The summed E-state index contributed by atoms with van der Waals surface area (Å²) in [5.41, 5.74) is 2.35. The number of fused-ring (bicyclic) bond motifs is 2. The number of benzene rings is 1. The van der Waals surface area contributed by atoms with E-state index in [-0.39, 0.29) is 12.7 Å². The molecule has 4 rings (SSSR count). The first-order valence-electron chi connectivity index (χ1n) is 6.97. The van der Waals surface area contributed by atoms with Gasteiger partial charge in [-0.3, -0.25) is 9.20 Å². The molecule has 1 aliphatic heterocycles. The predicted molar refractivity (Wildman–Crippen MR) is 85.5 cm³/mol. The van der Waals surface area contributed by atoms with Crippen molar-refractivity contribution in [3.8, 4) is 11.5 Å². The smallest absolute Gasteiger partial charge is 0.274 e. The molecule has 7 heteroatoms. The Morgan fingerprint density at radius 3 is 2.96 bits per heavy atom. The maximum Gasteiger partial charge on any atom is 0.274 e. The molecule has 1 amide bonds. The Bertz CT molecular complexity index is 936. The van der Waals surface area contributed by atoms with Gasteiger partial charge in [0.25, 0.3) is 5.91 Å². The van der Waals surface area contributed by atoms with Gasteiger partial charge in [0.1, 0.15) is 11.3 Å². The van der Waals surface area contributed by atoms with E-state index in [2.05, 4.69) is 10.3 Å². The number of nitrogens with one attached hydrogen (secondary N) is 1. The van der Waals surface area contributed by atoms with E-state index in [4.69, 9.17) is 21.1 Å². The number of amides is 1. The number of hydrogen-bond acceptors (Lipinski definition) is 4. The van der Waals surface area contributed by atoms with Gasteiger partial charge in [0.2, 0.25) is 6.79 Å². The van der Waals surface area contributed by atoms with E-state index in [9.17, 15) is 4.79 Å². The average molecular weight is 330 g/mol. The Labute approximate surface area is 136 Å². The molecule has 0 atom stereocenters. The van der Waals surface area contributed by atoms with Crippen molar-refractivity contribution in [2.45, 2.75) is 6.92 Å². The highest BCUT2D eigenvalue weighted by Crippen LogP contribution is 2.34. The van der Waals surface area contributed by atoms with Gasteiger partial charge in [0.05, 0.1) is 5.69 Å². The number of imidazole rings is 1. The number of carbonyl (C=O) groups is 1. The molecule has 1 aliphatic rings. The van der Waals surface area contributed by atoms with Crippen LogP contribution in [0.2, 0.25) is 5.02 Å². The van der Waals surface area contributed by atoms with E-state index in [1.807, 2.05) is 0 Å². The molecule has 0 bridgehead atoms. The largest absolute Gasteiger partial charge is 0.454 e. The molecule has 0 unspecified atom stereocenters. The van der Waals surface area contributed by atoms with Crippen LogP contribution in [-0.4, -0.2) is 22.1 Å². The van der Waals surface area contributed by atoms with Crippen LogP contribution in [0, 0.1) is 6.92 Å². The highest BCUT2D eigenvalue weighted by molar-refractivity contribution is 6.30. The van der Waals surface area contributed by atoms with Gasteiger partial charge in [-0.15, -0.1) is 0 Å². The van der Waals surface area contributed by atoms with E-state index >= 15 is 0 Å². The fraction of sp³-hybridized carbons (Fsp3) is 0.125. The lowest BCUT2D eigenvalue weighted by molar-refractivity contribution is 0.102. The second kappa shape index (κ2) is 5.17. The van der Waals surface area contributed by atoms with Gasteiger partial charge < -0.3 is 14.8 Å².